The van der Waals surface area contributed by atoms with Crippen molar-refractivity contribution in [2.45, 2.75) is 0 Å². The van der Waals surface area contributed by atoms with Crippen LogP contribution in [0.15, 0.2) is 30.3 Å². The Morgan fingerprint density at radius 3 is 2.85 bits per heavy atom. The van der Waals surface area contributed by atoms with Gasteiger partial charge in [-0.1, -0.05) is 12.1 Å². The molecule has 6 nitrogen and oxygen atoms in total. The van der Waals surface area contributed by atoms with E-state index < -0.39 is 11.8 Å². The topological polar surface area (TPSA) is 91.8 Å². The van der Waals surface area contributed by atoms with Gasteiger partial charge in [0, 0.05) is 10.4 Å². The zero-order valence-electron chi connectivity index (χ0n) is 9.87. The lowest BCUT2D eigenvalue weighted by Gasteiger charge is -2.00. The van der Waals surface area contributed by atoms with E-state index in [0.29, 0.717) is 16.0 Å². The third-order valence-electron chi connectivity index (χ3n) is 2.62. The second kappa shape index (κ2) is 4.82. The van der Waals surface area contributed by atoms with E-state index >= 15 is 0 Å². The van der Waals surface area contributed by atoms with Crippen molar-refractivity contribution in [2.75, 3.05) is 0 Å². The van der Waals surface area contributed by atoms with Gasteiger partial charge >= 0.3 is 5.97 Å². The minimum absolute atomic E-state index is 0.129. The number of tetrazole rings is 1. The summed E-state index contributed by atoms with van der Waals surface area (Å²) in [5.41, 5.74) is 1.08. The van der Waals surface area contributed by atoms with Crippen molar-refractivity contribution < 1.29 is 14.3 Å². The summed E-state index contributed by atoms with van der Waals surface area (Å²) in [5.74, 6) is -1.18. The van der Waals surface area contributed by atoms with Crippen LogP contribution in [0.5, 0.6) is 0 Å². The third kappa shape index (κ3) is 2.16. The largest absolute Gasteiger partial charge is 0.477 e. The van der Waals surface area contributed by atoms with Crippen molar-refractivity contribution in [1.82, 2.24) is 20.6 Å². The minimum Gasteiger partial charge on any atom is -0.477 e. The number of aromatic nitrogens is 4. The summed E-state index contributed by atoms with van der Waals surface area (Å²) in [5, 5.41) is 22.5. The summed E-state index contributed by atoms with van der Waals surface area (Å²) in [4.78, 5) is 11.8. The molecule has 100 valence electrons. The lowest BCUT2D eigenvalue weighted by Crippen LogP contribution is -1.90. The van der Waals surface area contributed by atoms with E-state index in [-0.39, 0.29) is 10.7 Å². The number of benzene rings is 1. The Morgan fingerprint density at radius 2 is 2.20 bits per heavy atom. The van der Waals surface area contributed by atoms with Crippen molar-refractivity contribution in [3.05, 3.63) is 41.0 Å². The normalized spacial score (nSPS) is 10.7. The van der Waals surface area contributed by atoms with Gasteiger partial charge in [0.1, 0.15) is 10.7 Å². The van der Waals surface area contributed by atoms with Crippen molar-refractivity contribution >= 4 is 17.3 Å². The first-order valence-corrected chi connectivity index (χ1v) is 6.33. The molecule has 0 aliphatic carbocycles. The SMILES string of the molecule is O=C(O)c1cc(-c2nn[nH]n2)c(-c2cccc(F)c2)s1. The standard InChI is InChI=1S/C12H7FN4O2S/c13-7-3-1-2-6(4-7)10-8(11-14-16-17-15-11)5-9(20-10)12(18)19/h1-5H,(H,18,19)(H,14,15,16,17). The highest BCUT2D eigenvalue weighted by Crippen LogP contribution is 2.37. The molecule has 0 spiro atoms. The first kappa shape index (κ1) is 12.4. The molecule has 0 fully saturated rings. The maximum Gasteiger partial charge on any atom is 0.345 e. The van der Waals surface area contributed by atoms with E-state index in [1.165, 1.54) is 18.2 Å². The molecule has 0 atom stereocenters. The summed E-state index contributed by atoms with van der Waals surface area (Å²) in [6, 6.07) is 7.37. The highest BCUT2D eigenvalue weighted by atomic mass is 32.1. The number of carbonyl (C=O) groups is 1. The van der Waals surface area contributed by atoms with Crippen LogP contribution in [0.2, 0.25) is 0 Å². The van der Waals surface area contributed by atoms with E-state index in [1.54, 1.807) is 12.1 Å². The van der Waals surface area contributed by atoms with Crippen molar-refractivity contribution in [1.29, 1.82) is 0 Å². The first-order valence-electron chi connectivity index (χ1n) is 5.52. The van der Waals surface area contributed by atoms with Gasteiger partial charge in [0.05, 0.1) is 0 Å². The first-order chi connectivity index (χ1) is 9.65. The molecule has 2 N–H and O–H groups in total. The smallest absolute Gasteiger partial charge is 0.345 e. The maximum absolute atomic E-state index is 13.3. The summed E-state index contributed by atoms with van der Waals surface area (Å²) in [6.07, 6.45) is 0. The van der Waals surface area contributed by atoms with Crippen molar-refractivity contribution in [3.8, 4) is 21.8 Å². The number of carboxylic acid groups (broad SMARTS) is 1. The molecule has 0 bridgehead atoms. The number of carboxylic acids is 1. The van der Waals surface area contributed by atoms with Gasteiger partial charge in [0.2, 0.25) is 5.82 Å². The van der Waals surface area contributed by atoms with E-state index in [9.17, 15) is 9.18 Å². The highest BCUT2D eigenvalue weighted by molar-refractivity contribution is 7.17. The fraction of sp³-hybridized carbons (Fsp3) is 0. The molecule has 0 aliphatic heterocycles. The Bertz CT molecular complexity index is 770. The maximum atomic E-state index is 13.3. The van der Waals surface area contributed by atoms with Gasteiger partial charge in [-0.3, -0.25) is 0 Å². The molecule has 3 aromatic rings. The lowest BCUT2D eigenvalue weighted by atomic mass is 10.1. The third-order valence-corrected chi connectivity index (χ3v) is 3.79. The molecule has 0 aliphatic rings. The minimum atomic E-state index is -1.05. The Hall–Kier alpha value is -2.61. The molecule has 2 heterocycles. The zero-order valence-corrected chi connectivity index (χ0v) is 10.7. The number of hydrogen-bond donors (Lipinski definition) is 2. The molecule has 0 radical (unpaired) electrons. The number of nitrogens with zero attached hydrogens (tertiary/aromatic N) is 3. The Balaban J connectivity index is 2.21. The Kier molecular flexibility index (Phi) is 2.99. The molecule has 0 saturated carbocycles. The predicted octanol–water partition coefficient (Wildman–Crippen LogP) is 2.43. The number of H-pyrrole nitrogens is 1. The van der Waals surface area contributed by atoms with E-state index in [4.69, 9.17) is 5.11 Å². The van der Waals surface area contributed by atoms with E-state index in [2.05, 4.69) is 20.6 Å². The van der Waals surface area contributed by atoms with Crippen molar-refractivity contribution in [2.24, 2.45) is 0 Å². The summed E-state index contributed by atoms with van der Waals surface area (Å²) >= 11 is 1.04. The molecule has 0 amide bonds. The van der Waals surface area contributed by atoms with Gasteiger partial charge in [-0.2, -0.15) is 5.21 Å². The average Bonchev–Trinajstić information content (AvgIpc) is 3.07. The fourth-order valence-corrected chi connectivity index (χ4v) is 2.77. The quantitative estimate of drug-likeness (QED) is 0.773. The molecular weight excluding hydrogens is 283 g/mol. The van der Waals surface area contributed by atoms with Gasteiger partial charge in [0.25, 0.3) is 0 Å². The van der Waals surface area contributed by atoms with Crippen LogP contribution in [-0.4, -0.2) is 31.7 Å². The number of aromatic amines is 1. The molecule has 1 aromatic carbocycles. The van der Waals surface area contributed by atoms with Crippen LogP contribution in [0.1, 0.15) is 9.67 Å². The van der Waals surface area contributed by atoms with Gasteiger partial charge in [-0.25, -0.2) is 9.18 Å². The molecular formula is C12H7FN4O2S. The monoisotopic (exact) mass is 290 g/mol. The average molecular weight is 290 g/mol. The molecule has 20 heavy (non-hydrogen) atoms. The summed E-state index contributed by atoms with van der Waals surface area (Å²) < 4.78 is 13.3. The number of thiophene rings is 1. The number of hydrogen-bond acceptors (Lipinski definition) is 5. The highest BCUT2D eigenvalue weighted by Gasteiger charge is 2.19. The van der Waals surface area contributed by atoms with Crippen molar-refractivity contribution in [3.63, 3.8) is 0 Å². The molecule has 3 rings (SSSR count). The number of aromatic carboxylic acids is 1. The number of rotatable bonds is 3. The second-order valence-electron chi connectivity index (χ2n) is 3.90. The summed E-state index contributed by atoms with van der Waals surface area (Å²) in [7, 11) is 0. The van der Waals surface area contributed by atoms with Gasteiger partial charge < -0.3 is 5.11 Å². The number of nitrogens with one attached hydrogen (secondary N) is 1. The Labute approximate surface area is 115 Å². The van der Waals surface area contributed by atoms with Crippen LogP contribution in [-0.2, 0) is 0 Å². The van der Waals surface area contributed by atoms with Crippen LogP contribution >= 0.6 is 11.3 Å². The molecule has 0 unspecified atom stereocenters. The molecule has 8 heteroatoms. The Morgan fingerprint density at radius 1 is 1.35 bits per heavy atom. The summed E-state index contributed by atoms with van der Waals surface area (Å²) in [6.45, 7) is 0. The van der Waals surface area contributed by atoms with Gasteiger partial charge in [-0.05, 0) is 29.0 Å². The van der Waals surface area contributed by atoms with Gasteiger partial charge in [0.15, 0.2) is 0 Å². The lowest BCUT2D eigenvalue weighted by molar-refractivity contribution is 0.0702. The van der Waals surface area contributed by atoms with E-state index in [1.807, 2.05) is 0 Å². The second-order valence-corrected chi connectivity index (χ2v) is 4.96. The zero-order chi connectivity index (χ0) is 14.1. The van der Waals surface area contributed by atoms with Crippen LogP contribution in [0.3, 0.4) is 0 Å². The molecule has 2 aromatic heterocycles. The van der Waals surface area contributed by atoms with Crippen LogP contribution in [0.25, 0.3) is 21.8 Å². The fourth-order valence-electron chi connectivity index (χ4n) is 1.78. The van der Waals surface area contributed by atoms with Gasteiger partial charge in [-0.15, -0.1) is 21.5 Å². The molecule has 0 saturated heterocycles. The number of halogens is 1. The van der Waals surface area contributed by atoms with Crippen LogP contribution < -0.4 is 0 Å². The van der Waals surface area contributed by atoms with Crippen LogP contribution in [0, 0.1) is 5.82 Å². The van der Waals surface area contributed by atoms with Crippen LogP contribution in [0.4, 0.5) is 4.39 Å². The van der Waals surface area contributed by atoms with E-state index in [0.717, 1.165) is 11.3 Å². The predicted molar refractivity (Wildman–Crippen MR) is 69.8 cm³/mol.